The van der Waals surface area contributed by atoms with Crippen LogP contribution in [0.2, 0.25) is 0 Å². The summed E-state index contributed by atoms with van der Waals surface area (Å²) in [7, 11) is 0. The Kier molecular flexibility index (Phi) is 7.46. The number of carbonyl (C=O) groups excluding carboxylic acids is 2. The molecular weight excluding hydrogens is 390 g/mol. The summed E-state index contributed by atoms with van der Waals surface area (Å²) >= 11 is 1.31. The Hall–Kier alpha value is -2.61. The van der Waals surface area contributed by atoms with E-state index in [0.717, 1.165) is 5.56 Å². The van der Waals surface area contributed by atoms with Crippen LogP contribution in [0.5, 0.6) is 11.6 Å². The molecule has 1 aliphatic heterocycles. The molecule has 0 saturated carbocycles. The lowest BCUT2D eigenvalue weighted by Crippen LogP contribution is -2.41. The van der Waals surface area contributed by atoms with E-state index >= 15 is 0 Å². The zero-order valence-electron chi connectivity index (χ0n) is 16.7. The third kappa shape index (κ3) is 5.69. The van der Waals surface area contributed by atoms with Crippen molar-refractivity contribution in [2.24, 2.45) is 5.92 Å². The van der Waals surface area contributed by atoms with E-state index in [0.29, 0.717) is 49.2 Å². The minimum absolute atomic E-state index is 0.0183. The lowest BCUT2D eigenvalue weighted by atomic mass is 9.97. The Balaban J connectivity index is 1.55. The highest BCUT2D eigenvalue weighted by Gasteiger charge is 2.28. The number of carbonyl (C=O) groups is 2. The minimum Gasteiger partial charge on any atom is -0.466 e. The first-order chi connectivity index (χ1) is 14.1. The van der Waals surface area contributed by atoms with Gasteiger partial charge in [-0.15, -0.1) is 0 Å². The van der Waals surface area contributed by atoms with Crippen LogP contribution < -0.4 is 4.74 Å². The Morgan fingerprint density at radius 1 is 1.17 bits per heavy atom. The molecule has 0 unspecified atom stereocenters. The maximum Gasteiger partial charge on any atom is 0.309 e. The number of likely N-dealkylation sites (tertiary alicyclic amines) is 1. The van der Waals surface area contributed by atoms with Crippen LogP contribution in [-0.2, 0) is 14.3 Å². The molecule has 8 heteroatoms. The van der Waals surface area contributed by atoms with Crippen LogP contribution in [0.3, 0.4) is 0 Å². The maximum absolute atomic E-state index is 12.6. The average Bonchev–Trinajstić information content (AvgIpc) is 2.75. The SMILES string of the molecule is CCOC(=O)C1CCN(C(=O)CSc2nccnc2Oc2ccccc2C)CC1. The molecule has 7 nitrogen and oxygen atoms in total. The molecule has 1 saturated heterocycles. The molecule has 0 spiro atoms. The number of amides is 1. The van der Waals surface area contributed by atoms with Gasteiger partial charge in [-0.3, -0.25) is 9.59 Å². The van der Waals surface area contributed by atoms with Gasteiger partial charge in [0.05, 0.1) is 18.3 Å². The molecule has 0 bridgehead atoms. The molecule has 29 heavy (non-hydrogen) atoms. The number of rotatable bonds is 7. The number of hydrogen-bond donors (Lipinski definition) is 0. The topological polar surface area (TPSA) is 81.6 Å². The molecule has 1 amide bonds. The molecule has 0 aliphatic carbocycles. The van der Waals surface area contributed by atoms with Crippen molar-refractivity contribution in [3.8, 4) is 11.6 Å². The molecule has 1 fully saturated rings. The van der Waals surface area contributed by atoms with Gasteiger partial charge in [-0.25, -0.2) is 9.97 Å². The third-order valence-corrected chi connectivity index (χ3v) is 5.68. The van der Waals surface area contributed by atoms with Crippen molar-refractivity contribution in [2.75, 3.05) is 25.4 Å². The van der Waals surface area contributed by atoms with Crippen LogP contribution in [0, 0.1) is 12.8 Å². The number of thioether (sulfide) groups is 1. The van der Waals surface area contributed by atoms with Gasteiger partial charge in [-0.1, -0.05) is 30.0 Å². The summed E-state index contributed by atoms with van der Waals surface area (Å²) in [6, 6.07) is 7.67. The summed E-state index contributed by atoms with van der Waals surface area (Å²) in [5, 5.41) is 0.575. The lowest BCUT2D eigenvalue weighted by molar-refractivity contribution is -0.151. The molecule has 1 aromatic heterocycles. The fourth-order valence-corrected chi connectivity index (χ4v) is 3.90. The number of esters is 1. The number of benzene rings is 1. The summed E-state index contributed by atoms with van der Waals surface area (Å²) in [4.78, 5) is 34.8. The predicted molar refractivity (Wildman–Crippen MR) is 110 cm³/mol. The fraction of sp³-hybridized carbons (Fsp3) is 0.429. The van der Waals surface area contributed by atoms with Gasteiger partial charge in [0.2, 0.25) is 5.91 Å². The van der Waals surface area contributed by atoms with Crippen LogP contribution in [0.4, 0.5) is 0 Å². The van der Waals surface area contributed by atoms with Crippen LogP contribution in [0.1, 0.15) is 25.3 Å². The molecule has 2 aromatic rings. The van der Waals surface area contributed by atoms with Crippen molar-refractivity contribution in [3.63, 3.8) is 0 Å². The van der Waals surface area contributed by atoms with Crippen LogP contribution in [0.15, 0.2) is 41.7 Å². The van der Waals surface area contributed by atoms with Gasteiger partial charge in [0, 0.05) is 25.5 Å². The van der Waals surface area contributed by atoms with Crippen LogP contribution >= 0.6 is 11.8 Å². The summed E-state index contributed by atoms with van der Waals surface area (Å²) in [5.41, 5.74) is 0.995. The van der Waals surface area contributed by atoms with E-state index in [2.05, 4.69) is 9.97 Å². The first-order valence-electron chi connectivity index (χ1n) is 9.70. The first-order valence-corrected chi connectivity index (χ1v) is 10.7. The van der Waals surface area contributed by atoms with Crippen molar-refractivity contribution in [1.82, 2.24) is 14.9 Å². The van der Waals surface area contributed by atoms with E-state index in [1.165, 1.54) is 11.8 Å². The molecule has 3 rings (SSSR count). The summed E-state index contributed by atoms with van der Waals surface area (Å²) in [6.07, 6.45) is 4.44. The molecule has 154 valence electrons. The Labute approximate surface area is 174 Å². The van der Waals surface area contributed by atoms with Gasteiger partial charge in [-0.2, -0.15) is 0 Å². The van der Waals surface area contributed by atoms with Gasteiger partial charge in [0.15, 0.2) is 5.03 Å². The number of nitrogens with zero attached hydrogens (tertiary/aromatic N) is 3. The van der Waals surface area contributed by atoms with Crippen LogP contribution in [0.25, 0.3) is 0 Å². The predicted octanol–water partition coefficient (Wildman–Crippen LogP) is 3.47. The number of para-hydroxylation sites is 1. The zero-order chi connectivity index (χ0) is 20.6. The highest BCUT2D eigenvalue weighted by Crippen LogP contribution is 2.30. The maximum atomic E-state index is 12.6. The highest BCUT2D eigenvalue weighted by molar-refractivity contribution is 8.00. The zero-order valence-corrected chi connectivity index (χ0v) is 17.5. The smallest absolute Gasteiger partial charge is 0.309 e. The molecule has 0 N–H and O–H groups in total. The second-order valence-corrected chi connectivity index (χ2v) is 7.69. The number of aromatic nitrogens is 2. The van der Waals surface area contributed by atoms with E-state index in [1.54, 1.807) is 24.2 Å². The normalized spacial score (nSPS) is 14.5. The Morgan fingerprint density at radius 3 is 2.62 bits per heavy atom. The summed E-state index contributed by atoms with van der Waals surface area (Å²) in [5.74, 6) is 1.09. The van der Waals surface area contributed by atoms with E-state index < -0.39 is 0 Å². The largest absolute Gasteiger partial charge is 0.466 e. The van der Waals surface area contributed by atoms with Crippen molar-refractivity contribution in [3.05, 3.63) is 42.2 Å². The van der Waals surface area contributed by atoms with Gasteiger partial charge in [-0.05, 0) is 38.3 Å². The summed E-state index contributed by atoms with van der Waals surface area (Å²) in [6.45, 7) is 5.28. The highest BCUT2D eigenvalue weighted by atomic mass is 32.2. The van der Waals surface area contributed by atoms with E-state index in [9.17, 15) is 9.59 Å². The molecule has 0 radical (unpaired) electrons. The fourth-order valence-electron chi connectivity index (χ4n) is 3.10. The Bertz CT molecular complexity index is 853. The second-order valence-electron chi connectivity index (χ2n) is 6.73. The van der Waals surface area contributed by atoms with Gasteiger partial charge >= 0.3 is 5.97 Å². The van der Waals surface area contributed by atoms with E-state index in [-0.39, 0.29) is 23.5 Å². The second kappa shape index (κ2) is 10.2. The molecule has 1 aromatic carbocycles. The molecule has 0 atom stereocenters. The number of ether oxygens (including phenoxy) is 2. The standard InChI is InChI=1S/C21H25N3O4S/c1-3-27-21(26)16-8-12-24(13-9-16)18(25)14-29-20-19(22-10-11-23-20)28-17-7-5-4-6-15(17)2/h4-7,10-11,16H,3,8-9,12-14H2,1-2H3. The van der Waals surface area contributed by atoms with Crippen molar-refractivity contribution in [1.29, 1.82) is 0 Å². The quantitative estimate of drug-likeness (QED) is 0.506. The van der Waals surface area contributed by atoms with Crippen molar-refractivity contribution >= 4 is 23.6 Å². The Morgan fingerprint density at radius 2 is 1.90 bits per heavy atom. The monoisotopic (exact) mass is 415 g/mol. The molecule has 1 aliphatic rings. The number of piperidine rings is 1. The van der Waals surface area contributed by atoms with Gasteiger partial charge < -0.3 is 14.4 Å². The van der Waals surface area contributed by atoms with Gasteiger partial charge in [0.25, 0.3) is 5.88 Å². The number of aryl methyl sites for hydroxylation is 1. The lowest BCUT2D eigenvalue weighted by Gasteiger charge is -2.30. The van der Waals surface area contributed by atoms with E-state index in [4.69, 9.17) is 9.47 Å². The van der Waals surface area contributed by atoms with Crippen molar-refractivity contribution < 1.29 is 19.1 Å². The molecule has 2 heterocycles. The van der Waals surface area contributed by atoms with Gasteiger partial charge in [0.1, 0.15) is 5.75 Å². The first kappa shape index (κ1) is 21.1. The van der Waals surface area contributed by atoms with E-state index in [1.807, 2.05) is 31.2 Å². The van der Waals surface area contributed by atoms with Crippen LogP contribution in [-0.4, -0.2) is 52.2 Å². The molecular formula is C21H25N3O4S. The van der Waals surface area contributed by atoms with Crippen molar-refractivity contribution in [2.45, 2.75) is 31.7 Å². The summed E-state index contributed by atoms with van der Waals surface area (Å²) < 4.78 is 11.0. The average molecular weight is 416 g/mol. The third-order valence-electron chi connectivity index (χ3n) is 4.73. The number of hydrogen-bond acceptors (Lipinski definition) is 7. The minimum atomic E-state index is -0.161.